The van der Waals surface area contributed by atoms with Gasteiger partial charge in [0.25, 0.3) is 0 Å². The summed E-state index contributed by atoms with van der Waals surface area (Å²) in [5.74, 6) is 2.24. The normalized spacial score (nSPS) is 44.6. The molecule has 1 aromatic heterocycles. The van der Waals surface area contributed by atoms with Gasteiger partial charge in [-0.3, -0.25) is 4.90 Å². The van der Waals surface area contributed by atoms with Crippen molar-refractivity contribution in [2.45, 2.75) is 88.9 Å². The van der Waals surface area contributed by atoms with Crippen LogP contribution < -0.4 is 10.9 Å². The molecule has 6 aliphatic rings. The fourth-order valence-corrected chi connectivity index (χ4v) is 10.4. The summed E-state index contributed by atoms with van der Waals surface area (Å²) >= 11 is 0. The summed E-state index contributed by atoms with van der Waals surface area (Å²) in [6, 6.07) is 3.55. The summed E-state index contributed by atoms with van der Waals surface area (Å²) in [4.78, 5) is 29.0. The van der Waals surface area contributed by atoms with Crippen LogP contribution in [0.3, 0.4) is 0 Å². The Morgan fingerprint density at radius 1 is 1.05 bits per heavy atom. The minimum atomic E-state index is -0.277. The van der Waals surface area contributed by atoms with E-state index in [0.717, 1.165) is 70.4 Å². The highest BCUT2D eigenvalue weighted by atomic mass is 16.6. The lowest BCUT2D eigenvalue weighted by Crippen LogP contribution is -2.58. The molecule has 9 atom stereocenters. The molecule has 2 saturated heterocycles. The van der Waals surface area contributed by atoms with Crippen LogP contribution in [0.2, 0.25) is 0 Å². The molecule has 0 aromatic carbocycles. The van der Waals surface area contributed by atoms with Crippen LogP contribution in [0.15, 0.2) is 27.6 Å². The number of alkyl carbamates (subject to hydrolysis) is 1. The van der Waals surface area contributed by atoms with Crippen LogP contribution in [0.5, 0.6) is 0 Å². The number of hydrogen-bond acceptors (Lipinski definition) is 7. The minimum Gasteiger partial charge on any atom is -0.446 e. The predicted molar refractivity (Wildman–Crippen MR) is 151 cm³/mol. The molecular weight excluding hydrogens is 506 g/mol. The van der Waals surface area contributed by atoms with E-state index in [1.807, 2.05) is 6.07 Å². The molecule has 0 bridgehead atoms. The van der Waals surface area contributed by atoms with E-state index in [0.29, 0.717) is 36.3 Å². The highest BCUT2D eigenvalue weighted by Crippen LogP contribution is 2.78. The molecule has 1 amide bonds. The number of nitrogens with zero attached hydrogens (tertiary/aromatic N) is 2. The number of fused-ring (bicyclic) bond motifs is 3. The number of amides is 1. The van der Waals surface area contributed by atoms with Crippen molar-refractivity contribution in [3.8, 4) is 0 Å². The average molecular weight is 554 g/mol. The first-order valence-corrected chi connectivity index (χ1v) is 15.8. The van der Waals surface area contributed by atoms with E-state index in [4.69, 9.17) is 13.9 Å². The van der Waals surface area contributed by atoms with Crippen molar-refractivity contribution >= 4 is 6.09 Å². The van der Waals surface area contributed by atoms with Gasteiger partial charge >= 0.3 is 11.7 Å². The number of epoxide rings is 1. The SMILES string of the molecule is CN1CCN(CCNC(=O)O[C@H]2CC[C@@]3(C)[C@H](CC[C@@H]4[C@@H]3CC[C@]3(C)[C@@H](c5ccc(=O)oc5)C[C@H]5O[C@]453)C2)CC1. The molecule has 4 aliphatic carbocycles. The number of ether oxygens (including phenoxy) is 2. The maximum Gasteiger partial charge on any atom is 0.407 e. The van der Waals surface area contributed by atoms with Gasteiger partial charge in [-0.1, -0.05) is 13.8 Å². The highest BCUT2D eigenvalue weighted by Gasteiger charge is 2.80. The van der Waals surface area contributed by atoms with Crippen LogP contribution in [-0.4, -0.2) is 80.0 Å². The van der Waals surface area contributed by atoms with Crippen LogP contribution in [0.4, 0.5) is 4.79 Å². The van der Waals surface area contributed by atoms with Gasteiger partial charge in [0.2, 0.25) is 0 Å². The monoisotopic (exact) mass is 553 g/mol. The lowest BCUT2D eigenvalue weighted by atomic mass is 9.44. The molecule has 1 N–H and O–H groups in total. The second-order valence-corrected chi connectivity index (χ2v) is 14.4. The number of nitrogens with one attached hydrogen (secondary N) is 1. The van der Waals surface area contributed by atoms with Crippen LogP contribution in [-0.2, 0) is 9.47 Å². The zero-order valence-electron chi connectivity index (χ0n) is 24.5. The van der Waals surface area contributed by atoms with E-state index in [1.165, 1.54) is 19.3 Å². The molecule has 4 saturated carbocycles. The van der Waals surface area contributed by atoms with Gasteiger partial charge in [0.15, 0.2) is 0 Å². The second kappa shape index (κ2) is 9.84. The number of carbonyl (C=O) groups is 1. The predicted octanol–water partition coefficient (Wildman–Crippen LogP) is 4.24. The lowest BCUT2D eigenvalue weighted by Gasteiger charge is -2.61. The molecule has 8 heteroatoms. The van der Waals surface area contributed by atoms with E-state index in [9.17, 15) is 9.59 Å². The molecule has 40 heavy (non-hydrogen) atoms. The van der Waals surface area contributed by atoms with Crippen molar-refractivity contribution in [1.82, 2.24) is 15.1 Å². The van der Waals surface area contributed by atoms with Gasteiger partial charge < -0.3 is 24.1 Å². The quantitative estimate of drug-likeness (QED) is 0.546. The zero-order chi connectivity index (χ0) is 27.7. The number of rotatable bonds is 5. The fraction of sp³-hybridized carbons (Fsp3) is 0.812. The van der Waals surface area contributed by atoms with E-state index < -0.39 is 0 Å². The maximum atomic E-state index is 12.6. The van der Waals surface area contributed by atoms with Crippen LogP contribution in [0.1, 0.15) is 76.7 Å². The van der Waals surface area contributed by atoms with Crippen molar-refractivity contribution in [3.05, 3.63) is 34.4 Å². The Morgan fingerprint density at radius 2 is 1.88 bits per heavy atom. The first-order chi connectivity index (χ1) is 19.2. The summed E-state index contributed by atoms with van der Waals surface area (Å²) in [5, 5.41) is 3.02. The third kappa shape index (κ3) is 4.18. The van der Waals surface area contributed by atoms with Gasteiger partial charge in [0.05, 0.1) is 12.4 Å². The zero-order valence-corrected chi connectivity index (χ0v) is 24.5. The molecule has 220 valence electrons. The third-order valence-electron chi connectivity index (χ3n) is 12.7. The summed E-state index contributed by atoms with van der Waals surface area (Å²) in [6.45, 7) is 10.8. The maximum absolute atomic E-state index is 12.6. The standard InChI is InChI=1S/C32H47N3O5/c1-30-10-8-23(39-29(37)33-12-13-35-16-14-34(3)15-17-35)18-22(30)5-6-25-24(30)9-11-31(2)26(19-27-32(25,31)40-27)21-4-7-28(36)38-20-21/h4,7,20,22-27H,5-6,8-19H2,1-3H3,(H,33,37)/t22-,23+,24+,25-,26-,27-,30+,31-,32-/m1/s1. The summed E-state index contributed by atoms with van der Waals surface area (Å²) in [5.41, 5.74) is 1.23. The average Bonchev–Trinajstić information content (AvgIpc) is 3.60. The van der Waals surface area contributed by atoms with Gasteiger partial charge in [0.1, 0.15) is 11.7 Å². The molecule has 3 heterocycles. The number of carbonyl (C=O) groups excluding carboxylic acids is 1. The Hall–Kier alpha value is -1.90. The largest absolute Gasteiger partial charge is 0.446 e. The molecule has 1 spiro atoms. The molecule has 0 radical (unpaired) electrons. The van der Waals surface area contributed by atoms with Crippen LogP contribution >= 0.6 is 0 Å². The van der Waals surface area contributed by atoms with Crippen molar-refractivity contribution in [2.24, 2.45) is 28.6 Å². The molecule has 8 nitrogen and oxygen atoms in total. The van der Waals surface area contributed by atoms with Gasteiger partial charge in [-0.15, -0.1) is 0 Å². The summed E-state index contributed by atoms with van der Waals surface area (Å²) in [7, 11) is 2.16. The van der Waals surface area contributed by atoms with E-state index in [1.54, 1.807) is 12.3 Å². The van der Waals surface area contributed by atoms with Gasteiger partial charge in [0, 0.05) is 50.7 Å². The van der Waals surface area contributed by atoms with Crippen LogP contribution in [0, 0.1) is 28.6 Å². The first-order valence-electron chi connectivity index (χ1n) is 15.8. The topological polar surface area (TPSA) is 87.6 Å². The Labute approximate surface area is 238 Å². The smallest absolute Gasteiger partial charge is 0.407 e. The molecule has 2 aliphatic heterocycles. The van der Waals surface area contributed by atoms with Gasteiger partial charge in [-0.05, 0) is 99.1 Å². The molecule has 1 aromatic rings. The number of piperazine rings is 1. The lowest BCUT2D eigenvalue weighted by molar-refractivity contribution is -0.139. The Morgan fingerprint density at radius 3 is 2.65 bits per heavy atom. The second-order valence-electron chi connectivity index (χ2n) is 14.4. The Bertz CT molecular complexity index is 1160. The van der Waals surface area contributed by atoms with Crippen molar-refractivity contribution in [3.63, 3.8) is 0 Å². The molecule has 7 rings (SSSR count). The number of hydrogen-bond donors (Lipinski definition) is 1. The summed E-state index contributed by atoms with van der Waals surface area (Å²) < 4.78 is 18.0. The van der Waals surface area contributed by atoms with Crippen LogP contribution in [0.25, 0.3) is 0 Å². The molecule has 6 fully saturated rings. The highest BCUT2D eigenvalue weighted by molar-refractivity contribution is 5.67. The minimum absolute atomic E-state index is 0.0261. The first kappa shape index (κ1) is 27.0. The van der Waals surface area contributed by atoms with E-state index in [-0.39, 0.29) is 34.3 Å². The number of likely N-dealkylation sites (N-methyl/N-ethyl adjacent to an activating group) is 1. The van der Waals surface area contributed by atoms with Crippen molar-refractivity contribution < 1.29 is 18.7 Å². The van der Waals surface area contributed by atoms with Gasteiger partial charge in [-0.2, -0.15) is 0 Å². The Balaban J connectivity index is 0.967. The van der Waals surface area contributed by atoms with Crippen molar-refractivity contribution in [1.29, 1.82) is 0 Å². The summed E-state index contributed by atoms with van der Waals surface area (Å²) in [6.07, 6.45) is 10.7. The third-order valence-corrected chi connectivity index (χ3v) is 12.7. The van der Waals surface area contributed by atoms with Crippen molar-refractivity contribution in [2.75, 3.05) is 46.3 Å². The molecular formula is C32H47N3O5. The van der Waals surface area contributed by atoms with E-state index in [2.05, 4.69) is 36.0 Å². The fourth-order valence-electron chi connectivity index (χ4n) is 10.4. The Kier molecular flexibility index (Phi) is 6.63. The molecule has 0 unspecified atom stereocenters. The van der Waals surface area contributed by atoms with Gasteiger partial charge in [-0.25, -0.2) is 9.59 Å². The van der Waals surface area contributed by atoms with E-state index >= 15 is 0 Å².